The number of benzene rings is 3. The molecular weight excluding hydrogens is 462 g/mol. The normalized spacial score (nSPS) is 10.5. The van der Waals surface area contributed by atoms with Crippen LogP contribution in [0.1, 0.15) is 66.2 Å². The number of hydrogen-bond donors (Lipinski definition) is 0. The second-order valence-electron chi connectivity index (χ2n) is 8.20. The van der Waals surface area contributed by atoms with Gasteiger partial charge in [0.2, 0.25) is 0 Å². The molecule has 8 nitrogen and oxygen atoms in total. The van der Waals surface area contributed by atoms with Crippen LogP contribution in [0.3, 0.4) is 0 Å². The van der Waals surface area contributed by atoms with E-state index in [2.05, 4.69) is 6.92 Å². The minimum atomic E-state index is -0.652. The Bertz CT molecular complexity index is 1140. The van der Waals surface area contributed by atoms with Crippen LogP contribution >= 0.6 is 0 Å². The zero-order valence-corrected chi connectivity index (χ0v) is 20.2. The molecule has 0 unspecified atom stereocenters. The largest absolute Gasteiger partial charge is 0.494 e. The fourth-order valence-corrected chi connectivity index (χ4v) is 3.39. The van der Waals surface area contributed by atoms with Crippen molar-refractivity contribution in [3.8, 4) is 17.2 Å². The van der Waals surface area contributed by atoms with Crippen molar-refractivity contribution < 1.29 is 28.7 Å². The second-order valence-corrected chi connectivity index (χ2v) is 8.20. The van der Waals surface area contributed by atoms with Gasteiger partial charge in [-0.2, -0.15) is 0 Å². The van der Waals surface area contributed by atoms with Crippen LogP contribution in [-0.2, 0) is 0 Å². The average Bonchev–Trinajstić information content (AvgIpc) is 2.89. The number of nitro benzene ring substituents is 1. The number of unbranched alkanes of at least 4 members (excludes halogenated alkanes) is 5. The van der Waals surface area contributed by atoms with E-state index in [-0.39, 0.29) is 22.6 Å². The summed E-state index contributed by atoms with van der Waals surface area (Å²) in [4.78, 5) is 34.9. The van der Waals surface area contributed by atoms with Gasteiger partial charge in [0.05, 0.1) is 22.7 Å². The van der Waals surface area contributed by atoms with Gasteiger partial charge in [0.15, 0.2) is 0 Å². The summed E-state index contributed by atoms with van der Waals surface area (Å²) >= 11 is 0. The minimum Gasteiger partial charge on any atom is -0.494 e. The van der Waals surface area contributed by atoms with Crippen LogP contribution in [0.4, 0.5) is 5.69 Å². The first-order valence-corrected chi connectivity index (χ1v) is 12.0. The smallest absolute Gasteiger partial charge is 0.343 e. The Hall–Kier alpha value is -4.20. The summed E-state index contributed by atoms with van der Waals surface area (Å²) in [5.41, 5.74) is 0.384. The van der Waals surface area contributed by atoms with Crippen LogP contribution in [0.5, 0.6) is 17.2 Å². The van der Waals surface area contributed by atoms with Gasteiger partial charge in [-0.1, -0.05) is 39.0 Å². The highest BCUT2D eigenvalue weighted by Gasteiger charge is 2.13. The van der Waals surface area contributed by atoms with Gasteiger partial charge in [-0.15, -0.1) is 0 Å². The summed E-state index contributed by atoms with van der Waals surface area (Å²) in [6.45, 7) is 2.86. The highest BCUT2D eigenvalue weighted by atomic mass is 16.6. The lowest BCUT2D eigenvalue weighted by molar-refractivity contribution is -0.384. The molecule has 0 heterocycles. The molecule has 0 saturated carbocycles. The van der Waals surface area contributed by atoms with Crippen LogP contribution in [-0.4, -0.2) is 23.5 Å². The third-order valence-electron chi connectivity index (χ3n) is 5.42. The molecule has 0 fully saturated rings. The van der Waals surface area contributed by atoms with Crippen molar-refractivity contribution in [1.82, 2.24) is 0 Å². The van der Waals surface area contributed by atoms with E-state index in [1.807, 2.05) is 0 Å². The summed E-state index contributed by atoms with van der Waals surface area (Å²) in [6, 6.07) is 17.9. The molecule has 3 rings (SSSR count). The van der Waals surface area contributed by atoms with E-state index in [9.17, 15) is 19.7 Å². The number of ether oxygens (including phenoxy) is 3. The first-order chi connectivity index (χ1) is 17.5. The number of esters is 2. The van der Waals surface area contributed by atoms with Gasteiger partial charge in [-0.05, 0) is 67.1 Å². The van der Waals surface area contributed by atoms with Crippen LogP contribution in [0.15, 0.2) is 72.8 Å². The lowest BCUT2D eigenvalue weighted by Crippen LogP contribution is -2.11. The lowest BCUT2D eigenvalue weighted by Gasteiger charge is -2.08. The molecule has 0 aromatic heterocycles. The fourth-order valence-electron chi connectivity index (χ4n) is 3.39. The van der Waals surface area contributed by atoms with Gasteiger partial charge in [-0.3, -0.25) is 10.1 Å². The minimum absolute atomic E-state index is 0.104. The molecule has 0 aliphatic rings. The summed E-state index contributed by atoms with van der Waals surface area (Å²) < 4.78 is 16.3. The number of carbonyl (C=O) groups excluding carboxylic acids is 2. The summed E-state index contributed by atoms with van der Waals surface area (Å²) in [5.74, 6) is 0.0626. The van der Waals surface area contributed by atoms with Gasteiger partial charge < -0.3 is 14.2 Å². The van der Waals surface area contributed by atoms with E-state index < -0.39 is 16.9 Å². The Morgan fingerprint density at radius 2 is 1.11 bits per heavy atom. The van der Waals surface area contributed by atoms with E-state index in [0.717, 1.165) is 18.6 Å². The predicted molar refractivity (Wildman–Crippen MR) is 135 cm³/mol. The third kappa shape index (κ3) is 8.23. The molecule has 0 radical (unpaired) electrons. The molecule has 3 aromatic carbocycles. The van der Waals surface area contributed by atoms with Gasteiger partial charge in [0.1, 0.15) is 17.2 Å². The van der Waals surface area contributed by atoms with Crippen LogP contribution in [0.2, 0.25) is 0 Å². The Kier molecular flexibility index (Phi) is 10.00. The molecule has 36 heavy (non-hydrogen) atoms. The Balaban J connectivity index is 1.46. The fraction of sp³-hybridized carbons (Fsp3) is 0.286. The van der Waals surface area contributed by atoms with Gasteiger partial charge in [0, 0.05) is 12.1 Å². The predicted octanol–water partition coefficient (Wildman–Crippen LogP) is 6.77. The molecule has 0 aliphatic carbocycles. The first kappa shape index (κ1) is 26.4. The molecule has 188 valence electrons. The van der Waals surface area contributed by atoms with Crippen molar-refractivity contribution in [2.75, 3.05) is 6.61 Å². The molecular formula is C28H29NO7. The quantitative estimate of drug-likeness (QED) is 0.0854. The molecule has 0 atom stereocenters. The summed E-state index contributed by atoms with van der Waals surface area (Å²) in [6.07, 6.45) is 7.18. The maximum Gasteiger partial charge on any atom is 0.343 e. The number of rotatable bonds is 13. The van der Waals surface area contributed by atoms with Crippen molar-refractivity contribution in [3.05, 3.63) is 94.0 Å². The van der Waals surface area contributed by atoms with Crippen LogP contribution < -0.4 is 14.2 Å². The number of nitrogens with zero attached hydrogens (tertiary/aromatic N) is 1. The van der Waals surface area contributed by atoms with Gasteiger partial charge >= 0.3 is 11.9 Å². The highest BCUT2D eigenvalue weighted by Crippen LogP contribution is 2.21. The summed E-state index contributed by atoms with van der Waals surface area (Å²) in [5, 5.41) is 10.7. The van der Waals surface area contributed by atoms with E-state index in [1.54, 1.807) is 24.3 Å². The number of carbonyl (C=O) groups is 2. The highest BCUT2D eigenvalue weighted by molar-refractivity contribution is 5.94. The van der Waals surface area contributed by atoms with Crippen molar-refractivity contribution in [2.24, 2.45) is 0 Å². The van der Waals surface area contributed by atoms with E-state index in [0.29, 0.717) is 12.4 Å². The van der Waals surface area contributed by atoms with Crippen molar-refractivity contribution in [1.29, 1.82) is 0 Å². The molecule has 0 N–H and O–H groups in total. The maximum atomic E-state index is 12.5. The summed E-state index contributed by atoms with van der Waals surface area (Å²) in [7, 11) is 0. The van der Waals surface area contributed by atoms with Gasteiger partial charge in [0.25, 0.3) is 5.69 Å². The molecule has 0 bridgehead atoms. The number of nitro groups is 1. The second kappa shape index (κ2) is 13.6. The zero-order valence-electron chi connectivity index (χ0n) is 20.2. The molecule has 0 aliphatic heterocycles. The number of non-ortho nitro benzene ring substituents is 1. The van der Waals surface area contributed by atoms with E-state index in [4.69, 9.17) is 14.2 Å². The Morgan fingerprint density at radius 1 is 0.667 bits per heavy atom. The standard InChI is InChI=1S/C28H29NO7/c1-2-3-4-5-6-7-20-34-24-16-18-26(19-17-24)36-28(31)22-10-8-21(9-11-22)27(30)35-25-14-12-23(13-15-25)29(32)33/h8-19H,2-7,20H2,1H3. The molecule has 0 saturated heterocycles. The molecule has 8 heteroatoms. The van der Waals surface area contributed by atoms with E-state index >= 15 is 0 Å². The van der Waals surface area contributed by atoms with E-state index in [1.165, 1.54) is 74.2 Å². The third-order valence-corrected chi connectivity index (χ3v) is 5.42. The van der Waals surface area contributed by atoms with Crippen LogP contribution in [0, 0.1) is 10.1 Å². The topological polar surface area (TPSA) is 105 Å². The Morgan fingerprint density at radius 3 is 1.61 bits per heavy atom. The van der Waals surface area contributed by atoms with Crippen LogP contribution in [0.25, 0.3) is 0 Å². The molecule has 3 aromatic rings. The number of hydrogen-bond acceptors (Lipinski definition) is 7. The van der Waals surface area contributed by atoms with Crippen molar-refractivity contribution in [2.45, 2.75) is 45.4 Å². The average molecular weight is 492 g/mol. The SMILES string of the molecule is CCCCCCCCOc1ccc(OC(=O)c2ccc(C(=O)Oc3ccc([N+](=O)[O-])cc3)cc2)cc1. The van der Waals surface area contributed by atoms with Crippen molar-refractivity contribution >= 4 is 17.6 Å². The molecule has 0 spiro atoms. The first-order valence-electron chi connectivity index (χ1n) is 12.0. The monoisotopic (exact) mass is 491 g/mol. The Labute approximate surface area is 210 Å². The lowest BCUT2D eigenvalue weighted by atomic mass is 10.1. The zero-order chi connectivity index (χ0) is 25.8. The maximum absolute atomic E-state index is 12.5. The van der Waals surface area contributed by atoms with Gasteiger partial charge in [-0.25, -0.2) is 9.59 Å². The van der Waals surface area contributed by atoms with Crippen molar-refractivity contribution in [3.63, 3.8) is 0 Å². The molecule has 0 amide bonds.